The summed E-state index contributed by atoms with van der Waals surface area (Å²) < 4.78 is 11.3. The van der Waals surface area contributed by atoms with Gasteiger partial charge in [0.25, 0.3) is 0 Å². The molecular weight excluding hydrogens is 278 g/mol. The van der Waals surface area contributed by atoms with Gasteiger partial charge in [-0.1, -0.05) is 36.7 Å². The third-order valence-electron chi connectivity index (χ3n) is 2.81. The standard InChI is InChI=1S/C18H21NO3/c1-2-3-13-19-21-15-14-20-16-9-11-18(12-10-16)22-17-7-5-4-6-8-17/h4-13H,2-3,14-15H2,1H3/b19-13+. The second kappa shape index (κ2) is 9.45. The van der Waals surface area contributed by atoms with Crippen LogP contribution in [0.5, 0.6) is 17.2 Å². The van der Waals surface area contributed by atoms with Crippen LogP contribution in [0.1, 0.15) is 19.8 Å². The fraction of sp³-hybridized carbons (Fsp3) is 0.278. The highest BCUT2D eigenvalue weighted by Gasteiger charge is 1.98. The average molecular weight is 299 g/mol. The first-order valence-electron chi connectivity index (χ1n) is 7.48. The van der Waals surface area contributed by atoms with Crippen LogP contribution in [0.4, 0.5) is 0 Å². The smallest absolute Gasteiger partial charge is 0.151 e. The average Bonchev–Trinajstić information content (AvgIpc) is 2.56. The Morgan fingerprint density at radius 2 is 1.55 bits per heavy atom. The van der Waals surface area contributed by atoms with Crippen LogP contribution in [-0.2, 0) is 4.84 Å². The van der Waals surface area contributed by atoms with E-state index in [0.29, 0.717) is 13.2 Å². The van der Waals surface area contributed by atoms with Gasteiger partial charge in [0, 0.05) is 6.21 Å². The van der Waals surface area contributed by atoms with Gasteiger partial charge in [-0.25, -0.2) is 0 Å². The number of ether oxygens (including phenoxy) is 2. The third-order valence-corrected chi connectivity index (χ3v) is 2.81. The minimum Gasteiger partial charge on any atom is -0.490 e. The maximum atomic E-state index is 5.71. The van der Waals surface area contributed by atoms with E-state index in [-0.39, 0.29) is 0 Å². The normalized spacial score (nSPS) is 10.6. The summed E-state index contributed by atoms with van der Waals surface area (Å²) in [7, 11) is 0. The van der Waals surface area contributed by atoms with Gasteiger partial charge in [0.05, 0.1) is 0 Å². The summed E-state index contributed by atoms with van der Waals surface area (Å²) in [6.45, 7) is 2.99. The van der Waals surface area contributed by atoms with Crippen LogP contribution in [-0.4, -0.2) is 19.4 Å². The van der Waals surface area contributed by atoms with E-state index in [1.807, 2.05) is 54.6 Å². The molecule has 22 heavy (non-hydrogen) atoms. The van der Waals surface area contributed by atoms with Crippen LogP contribution >= 0.6 is 0 Å². The molecule has 0 saturated heterocycles. The third kappa shape index (κ3) is 5.87. The van der Waals surface area contributed by atoms with Gasteiger partial charge < -0.3 is 14.3 Å². The Labute approximate surface area is 131 Å². The first kappa shape index (κ1) is 15.9. The second-order valence-electron chi connectivity index (χ2n) is 4.64. The van der Waals surface area contributed by atoms with E-state index in [9.17, 15) is 0 Å². The van der Waals surface area contributed by atoms with E-state index < -0.39 is 0 Å². The number of hydrogen-bond donors (Lipinski definition) is 0. The van der Waals surface area contributed by atoms with Gasteiger partial charge >= 0.3 is 0 Å². The molecule has 0 aliphatic heterocycles. The van der Waals surface area contributed by atoms with Crippen molar-refractivity contribution in [2.75, 3.05) is 13.2 Å². The summed E-state index contributed by atoms with van der Waals surface area (Å²) >= 11 is 0. The molecule has 0 aliphatic carbocycles. The lowest BCUT2D eigenvalue weighted by Gasteiger charge is -2.08. The van der Waals surface area contributed by atoms with E-state index in [1.165, 1.54) is 0 Å². The van der Waals surface area contributed by atoms with Crippen molar-refractivity contribution < 1.29 is 14.3 Å². The number of nitrogens with zero attached hydrogens (tertiary/aromatic N) is 1. The molecule has 0 radical (unpaired) electrons. The van der Waals surface area contributed by atoms with Crippen molar-refractivity contribution in [2.24, 2.45) is 5.16 Å². The molecule has 0 aliphatic rings. The van der Waals surface area contributed by atoms with Crippen LogP contribution in [0.2, 0.25) is 0 Å². The molecule has 0 amide bonds. The fourth-order valence-electron chi connectivity index (χ4n) is 1.71. The molecule has 4 nitrogen and oxygen atoms in total. The van der Waals surface area contributed by atoms with Gasteiger partial charge in [-0.05, 0) is 42.8 Å². The molecule has 0 aromatic heterocycles. The zero-order valence-corrected chi connectivity index (χ0v) is 12.8. The lowest BCUT2D eigenvalue weighted by Crippen LogP contribution is -2.04. The molecule has 0 heterocycles. The molecule has 0 N–H and O–H groups in total. The Kier molecular flexibility index (Phi) is 6.82. The Balaban J connectivity index is 1.70. The summed E-state index contributed by atoms with van der Waals surface area (Å²) in [6, 6.07) is 17.2. The minimum atomic E-state index is 0.433. The Morgan fingerprint density at radius 3 is 2.27 bits per heavy atom. The van der Waals surface area contributed by atoms with Gasteiger partial charge in [-0.15, -0.1) is 0 Å². The molecule has 0 fully saturated rings. The molecular formula is C18H21NO3. The van der Waals surface area contributed by atoms with Crippen LogP contribution < -0.4 is 9.47 Å². The quantitative estimate of drug-likeness (QED) is 0.384. The lowest BCUT2D eigenvalue weighted by atomic mass is 10.3. The van der Waals surface area contributed by atoms with Crippen molar-refractivity contribution in [3.05, 3.63) is 54.6 Å². The minimum absolute atomic E-state index is 0.433. The summed E-state index contributed by atoms with van der Waals surface area (Å²) in [5.41, 5.74) is 0. The molecule has 4 heteroatoms. The topological polar surface area (TPSA) is 40.0 Å². The Hall–Kier alpha value is -2.49. The number of oxime groups is 1. The first-order chi connectivity index (χ1) is 10.9. The van der Waals surface area contributed by atoms with E-state index >= 15 is 0 Å². The molecule has 116 valence electrons. The van der Waals surface area contributed by atoms with Gasteiger partial charge in [-0.2, -0.15) is 0 Å². The number of benzene rings is 2. The van der Waals surface area contributed by atoms with Crippen LogP contribution in [0.25, 0.3) is 0 Å². The maximum absolute atomic E-state index is 5.71. The molecule has 0 atom stereocenters. The van der Waals surface area contributed by atoms with Crippen LogP contribution in [0.15, 0.2) is 59.8 Å². The monoisotopic (exact) mass is 299 g/mol. The van der Waals surface area contributed by atoms with Crippen molar-refractivity contribution in [1.82, 2.24) is 0 Å². The second-order valence-corrected chi connectivity index (χ2v) is 4.64. The molecule has 0 saturated carbocycles. The summed E-state index contributed by atoms with van der Waals surface area (Å²) in [4.78, 5) is 5.08. The van der Waals surface area contributed by atoms with Crippen LogP contribution in [0.3, 0.4) is 0 Å². The number of rotatable bonds is 9. The zero-order valence-electron chi connectivity index (χ0n) is 12.8. The van der Waals surface area contributed by atoms with Gasteiger partial charge in [0.1, 0.15) is 23.9 Å². The highest BCUT2D eigenvalue weighted by molar-refractivity contribution is 5.55. The van der Waals surface area contributed by atoms with Crippen molar-refractivity contribution in [1.29, 1.82) is 0 Å². The van der Waals surface area contributed by atoms with Crippen LogP contribution in [0, 0.1) is 0 Å². The van der Waals surface area contributed by atoms with Crippen molar-refractivity contribution in [3.8, 4) is 17.2 Å². The van der Waals surface area contributed by atoms with Gasteiger partial charge in [0.2, 0.25) is 0 Å². The summed E-state index contributed by atoms with van der Waals surface area (Å²) in [5, 5.41) is 3.83. The number of unbranched alkanes of at least 4 members (excludes halogenated alkanes) is 1. The summed E-state index contributed by atoms with van der Waals surface area (Å²) in [6.07, 6.45) is 3.78. The van der Waals surface area contributed by atoms with Crippen molar-refractivity contribution >= 4 is 6.21 Å². The molecule has 2 aromatic carbocycles. The van der Waals surface area contributed by atoms with E-state index in [2.05, 4.69) is 12.1 Å². The van der Waals surface area contributed by atoms with E-state index in [1.54, 1.807) is 6.21 Å². The first-order valence-corrected chi connectivity index (χ1v) is 7.48. The maximum Gasteiger partial charge on any atom is 0.151 e. The molecule has 2 aromatic rings. The molecule has 0 unspecified atom stereocenters. The predicted octanol–water partition coefficient (Wildman–Crippen LogP) is 4.66. The van der Waals surface area contributed by atoms with Gasteiger partial charge in [-0.3, -0.25) is 0 Å². The van der Waals surface area contributed by atoms with Crippen molar-refractivity contribution in [3.63, 3.8) is 0 Å². The SMILES string of the molecule is CCC/C=N/OCCOc1ccc(Oc2ccccc2)cc1. The van der Waals surface area contributed by atoms with Crippen molar-refractivity contribution in [2.45, 2.75) is 19.8 Å². The highest BCUT2D eigenvalue weighted by Crippen LogP contribution is 2.23. The molecule has 0 spiro atoms. The zero-order chi connectivity index (χ0) is 15.5. The van der Waals surface area contributed by atoms with E-state index in [0.717, 1.165) is 30.1 Å². The summed E-state index contributed by atoms with van der Waals surface area (Å²) in [5.74, 6) is 2.37. The largest absolute Gasteiger partial charge is 0.490 e. The van der Waals surface area contributed by atoms with E-state index in [4.69, 9.17) is 14.3 Å². The molecule has 2 rings (SSSR count). The molecule has 0 bridgehead atoms. The highest BCUT2D eigenvalue weighted by atomic mass is 16.6. The Morgan fingerprint density at radius 1 is 0.864 bits per heavy atom. The lowest BCUT2D eigenvalue weighted by molar-refractivity contribution is 0.108. The fourth-order valence-corrected chi connectivity index (χ4v) is 1.71. The number of para-hydroxylation sites is 1. The predicted molar refractivity (Wildman–Crippen MR) is 87.8 cm³/mol. The van der Waals surface area contributed by atoms with Gasteiger partial charge in [0.15, 0.2) is 6.61 Å². The number of hydrogen-bond acceptors (Lipinski definition) is 4. The Bertz CT molecular complexity index is 552.